The maximum absolute atomic E-state index is 5.24. The highest BCUT2D eigenvalue weighted by atomic mass is 16.5. The Hall–Kier alpha value is -1.06. The van der Waals surface area contributed by atoms with Gasteiger partial charge in [0, 0.05) is 18.6 Å². The number of benzene rings is 1. The average molecular weight is 234 g/mol. The molecular formula is C14H22N2O. The number of ether oxygens (including phenoxy) is 1. The summed E-state index contributed by atoms with van der Waals surface area (Å²) in [5.41, 5.74) is 1.28. The second-order valence-electron chi connectivity index (χ2n) is 4.70. The van der Waals surface area contributed by atoms with Gasteiger partial charge in [0.25, 0.3) is 0 Å². The molecule has 1 aliphatic heterocycles. The molecule has 0 amide bonds. The highest BCUT2D eigenvalue weighted by molar-refractivity contribution is 5.30. The molecule has 3 nitrogen and oxygen atoms in total. The van der Waals surface area contributed by atoms with Crippen molar-refractivity contribution in [3.63, 3.8) is 0 Å². The van der Waals surface area contributed by atoms with Crippen LogP contribution in [0.25, 0.3) is 0 Å². The molecule has 1 fully saturated rings. The van der Waals surface area contributed by atoms with Gasteiger partial charge in [0.1, 0.15) is 5.75 Å². The smallest absolute Gasteiger partial charge is 0.119 e. The number of nitrogens with one attached hydrogen (secondary N) is 2. The van der Waals surface area contributed by atoms with Gasteiger partial charge < -0.3 is 15.4 Å². The molecular weight excluding hydrogens is 212 g/mol. The van der Waals surface area contributed by atoms with E-state index in [0.717, 1.165) is 12.3 Å². The van der Waals surface area contributed by atoms with E-state index in [0.29, 0.717) is 12.1 Å². The molecule has 0 saturated carbocycles. The molecule has 0 bridgehead atoms. The van der Waals surface area contributed by atoms with Gasteiger partial charge in [0.15, 0.2) is 0 Å². The van der Waals surface area contributed by atoms with Crippen LogP contribution in [0.1, 0.15) is 31.4 Å². The first kappa shape index (κ1) is 12.4. The fourth-order valence-corrected chi connectivity index (χ4v) is 2.28. The van der Waals surface area contributed by atoms with Gasteiger partial charge in [-0.1, -0.05) is 12.1 Å². The number of methoxy groups -OCH3 is 1. The van der Waals surface area contributed by atoms with Crippen LogP contribution in [0.15, 0.2) is 24.3 Å². The zero-order valence-electron chi connectivity index (χ0n) is 10.7. The first-order valence-electron chi connectivity index (χ1n) is 6.40. The summed E-state index contributed by atoms with van der Waals surface area (Å²) in [5.74, 6) is 0.926. The predicted molar refractivity (Wildman–Crippen MR) is 70.4 cm³/mol. The van der Waals surface area contributed by atoms with E-state index in [1.807, 2.05) is 12.1 Å². The van der Waals surface area contributed by atoms with E-state index in [4.69, 9.17) is 4.74 Å². The second kappa shape index (κ2) is 6.03. The average Bonchev–Trinajstić information content (AvgIpc) is 2.89. The summed E-state index contributed by atoms with van der Waals surface area (Å²) in [6.07, 6.45) is 2.59. The highest BCUT2D eigenvalue weighted by Gasteiger charge is 2.15. The van der Waals surface area contributed by atoms with Crippen LogP contribution in [0.3, 0.4) is 0 Å². The van der Waals surface area contributed by atoms with Crippen LogP contribution in [0.5, 0.6) is 5.75 Å². The van der Waals surface area contributed by atoms with Crippen LogP contribution in [-0.4, -0.2) is 26.2 Å². The third-order valence-electron chi connectivity index (χ3n) is 3.43. The third-order valence-corrected chi connectivity index (χ3v) is 3.43. The van der Waals surface area contributed by atoms with E-state index < -0.39 is 0 Å². The van der Waals surface area contributed by atoms with Gasteiger partial charge in [-0.15, -0.1) is 0 Å². The summed E-state index contributed by atoms with van der Waals surface area (Å²) < 4.78 is 5.24. The maximum Gasteiger partial charge on any atom is 0.119 e. The summed E-state index contributed by atoms with van der Waals surface area (Å²) in [6.45, 7) is 4.40. The van der Waals surface area contributed by atoms with Crippen molar-refractivity contribution < 1.29 is 4.74 Å². The van der Waals surface area contributed by atoms with Gasteiger partial charge in [0.2, 0.25) is 0 Å². The number of rotatable bonds is 5. The van der Waals surface area contributed by atoms with E-state index >= 15 is 0 Å². The topological polar surface area (TPSA) is 33.3 Å². The molecule has 0 aromatic heterocycles. The Kier molecular flexibility index (Phi) is 4.40. The summed E-state index contributed by atoms with van der Waals surface area (Å²) in [6, 6.07) is 9.27. The minimum atomic E-state index is 0.368. The fourth-order valence-electron chi connectivity index (χ4n) is 2.28. The van der Waals surface area contributed by atoms with E-state index in [-0.39, 0.29) is 0 Å². The Balaban J connectivity index is 1.87. The van der Waals surface area contributed by atoms with Crippen molar-refractivity contribution in [2.24, 2.45) is 0 Å². The molecule has 1 aromatic carbocycles. The Morgan fingerprint density at radius 3 is 3.12 bits per heavy atom. The Labute approximate surface area is 104 Å². The molecule has 0 radical (unpaired) electrons. The lowest BCUT2D eigenvalue weighted by atomic mass is 10.1. The van der Waals surface area contributed by atoms with Crippen LogP contribution < -0.4 is 15.4 Å². The molecule has 1 unspecified atom stereocenters. The monoisotopic (exact) mass is 234 g/mol. The summed E-state index contributed by atoms with van der Waals surface area (Å²) >= 11 is 0. The normalized spacial score (nSPS) is 21.4. The Bertz CT molecular complexity index is 348. The molecule has 0 aliphatic carbocycles. The van der Waals surface area contributed by atoms with Crippen LogP contribution in [-0.2, 0) is 0 Å². The Morgan fingerprint density at radius 2 is 2.41 bits per heavy atom. The molecule has 1 heterocycles. The van der Waals surface area contributed by atoms with Crippen molar-refractivity contribution in [3.8, 4) is 5.75 Å². The minimum absolute atomic E-state index is 0.368. The van der Waals surface area contributed by atoms with Gasteiger partial charge in [-0.3, -0.25) is 0 Å². The number of hydrogen-bond acceptors (Lipinski definition) is 3. The van der Waals surface area contributed by atoms with Crippen LogP contribution in [0.2, 0.25) is 0 Å². The first-order chi connectivity index (χ1) is 8.29. The van der Waals surface area contributed by atoms with Gasteiger partial charge in [-0.2, -0.15) is 0 Å². The zero-order chi connectivity index (χ0) is 12.1. The lowest BCUT2D eigenvalue weighted by Gasteiger charge is -2.18. The van der Waals surface area contributed by atoms with Crippen molar-refractivity contribution in [2.75, 3.05) is 20.2 Å². The molecule has 1 saturated heterocycles. The van der Waals surface area contributed by atoms with Crippen molar-refractivity contribution in [1.29, 1.82) is 0 Å². The minimum Gasteiger partial charge on any atom is -0.497 e. The van der Waals surface area contributed by atoms with Gasteiger partial charge in [-0.05, 0) is 44.0 Å². The first-order valence-corrected chi connectivity index (χ1v) is 6.40. The quantitative estimate of drug-likeness (QED) is 0.818. The summed E-state index contributed by atoms with van der Waals surface area (Å²) in [7, 11) is 1.71. The molecule has 94 valence electrons. The van der Waals surface area contributed by atoms with Gasteiger partial charge >= 0.3 is 0 Å². The van der Waals surface area contributed by atoms with Crippen molar-refractivity contribution >= 4 is 0 Å². The molecule has 2 rings (SSSR count). The highest BCUT2D eigenvalue weighted by Crippen LogP contribution is 2.18. The lowest BCUT2D eigenvalue weighted by molar-refractivity contribution is 0.413. The van der Waals surface area contributed by atoms with Crippen molar-refractivity contribution in [3.05, 3.63) is 29.8 Å². The van der Waals surface area contributed by atoms with E-state index in [1.54, 1.807) is 7.11 Å². The zero-order valence-corrected chi connectivity index (χ0v) is 10.7. The van der Waals surface area contributed by atoms with Crippen LogP contribution >= 0.6 is 0 Å². The largest absolute Gasteiger partial charge is 0.497 e. The van der Waals surface area contributed by atoms with E-state index in [2.05, 4.69) is 29.7 Å². The molecule has 0 spiro atoms. The van der Waals surface area contributed by atoms with Crippen molar-refractivity contribution in [1.82, 2.24) is 10.6 Å². The molecule has 2 N–H and O–H groups in total. The molecule has 1 aliphatic rings. The molecule has 1 aromatic rings. The predicted octanol–water partition coefficient (Wildman–Crippen LogP) is 2.10. The van der Waals surface area contributed by atoms with Gasteiger partial charge in [-0.25, -0.2) is 0 Å². The lowest BCUT2D eigenvalue weighted by Crippen LogP contribution is -2.35. The summed E-state index contributed by atoms with van der Waals surface area (Å²) in [5, 5.41) is 7.07. The van der Waals surface area contributed by atoms with Crippen LogP contribution in [0.4, 0.5) is 0 Å². The fraction of sp³-hybridized carbons (Fsp3) is 0.571. The standard InChI is InChI=1S/C14H22N2O/c1-11(16-10-13-6-4-8-15-13)12-5-3-7-14(9-12)17-2/h3,5,7,9,11,13,15-16H,4,6,8,10H2,1-2H3/t11-,13?/m1/s1. The van der Waals surface area contributed by atoms with Crippen molar-refractivity contribution in [2.45, 2.75) is 31.8 Å². The third kappa shape index (κ3) is 3.45. The second-order valence-corrected chi connectivity index (χ2v) is 4.70. The van der Waals surface area contributed by atoms with Crippen LogP contribution in [0, 0.1) is 0 Å². The van der Waals surface area contributed by atoms with E-state index in [9.17, 15) is 0 Å². The van der Waals surface area contributed by atoms with E-state index in [1.165, 1.54) is 24.9 Å². The Morgan fingerprint density at radius 1 is 1.53 bits per heavy atom. The summed E-state index contributed by atoms with van der Waals surface area (Å²) in [4.78, 5) is 0. The van der Waals surface area contributed by atoms with Gasteiger partial charge in [0.05, 0.1) is 7.11 Å². The maximum atomic E-state index is 5.24. The SMILES string of the molecule is COc1cccc([C@@H](C)NCC2CCCN2)c1. The molecule has 17 heavy (non-hydrogen) atoms. The molecule has 3 heteroatoms. The molecule has 2 atom stereocenters. The number of hydrogen-bond donors (Lipinski definition) is 2.